The van der Waals surface area contributed by atoms with Crippen molar-refractivity contribution in [3.05, 3.63) is 63.5 Å². The maximum atomic E-state index is 5.82. The number of pyridine rings is 1. The molecule has 0 radical (unpaired) electrons. The molecule has 3 N–H and O–H groups in total. The van der Waals surface area contributed by atoms with Gasteiger partial charge >= 0.3 is 0 Å². The minimum Gasteiger partial charge on any atom is -0.271 e. The van der Waals surface area contributed by atoms with Gasteiger partial charge in [0, 0.05) is 20.8 Å². The van der Waals surface area contributed by atoms with E-state index in [0.29, 0.717) is 0 Å². The lowest BCUT2D eigenvalue weighted by atomic mass is 10.00. The summed E-state index contributed by atoms with van der Waals surface area (Å²) in [6.45, 7) is 4.13. The van der Waals surface area contributed by atoms with E-state index in [9.17, 15) is 0 Å². The smallest absolute Gasteiger partial charge is 0.0809 e. The number of hydrogen-bond acceptors (Lipinski definition) is 4. The van der Waals surface area contributed by atoms with Crippen molar-refractivity contribution in [1.29, 1.82) is 0 Å². The number of rotatable bonds is 3. The summed E-state index contributed by atoms with van der Waals surface area (Å²) in [6.07, 6.45) is 0. The highest BCUT2D eigenvalue weighted by molar-refractivity contribution is 7.12. The van der Waals surface area contributed by atoms with Crippen molar-refractivity contribution in [2.24, 2.45) is 5.84 Å². The number of aromatic nitrogens is 1. The molecule has 0 bridgehead atoms. The summed E-state index contributed by atoms with van der Waals surface area (Å²) in [6, 6.07) is 14.6. The number of hydrazine groups is 1. The molecule has 0 saturated carbocycles. The van der Waals surface area contributed by atoms with Gasteiger partial charge in [0.15, 0.2) is 0 Å². The van der Waals surface area contributed by atoms with Gasteiger partial charge in [0.25, 0.3) is 0 Å². The Morgan fingerprint density at radius 2 is 1.95 bits per heavy atom. The number of nitrogens with one attached hydrogen (secondary N) is 1. The Morgan fingerprint density at radius 1 is 1.15 bits per heavy atom. The van der Waals surface area contributed by atoms with Gasteiger partial charge < -0.3 is 0 Å². The molecule has 0 fully saturated rings. The summed E-state index contributed by atoms with van der Waals surface area (Å²) in [5.74, 6) is 5.82. The van der Waals surface area contributed by atoms with Crippen LogP contribution in [0.15, 0.2) is 42.5 Å². The van der Waals surface area contributed by atoms with Crippen LogP contribution in [0, 0.1) is 13.8 Å². The summed E-state index contributed by atoms with van der Waals surface area (Å²) in [5, 5.41) is 1.15. The Labute approximate surface area is 122 Å². The molecule has 0 aliphatic rings. The molecule has 4 heteroatoms. The summed E-state index contributed by atoms with van der Waals surface area (Å²) in [5.41, 5.74) is 6.15. The summed E-state index contributed by atoms with van der Waals surface area (Å²) < 4.78 is 0. The summed E-state index contributed by atoms with van der Waals surface area (Å²) in [4.78, 5) is 7.10. The van der Waals surface area contributed by atoms with Crippen molar-refractivity contribution in [3.8, 4) is 0 Å². The SMILES string of the molecule is Cc1cc(C(NN)c2ccc(C)s2)c2ccccc2n1. The number of benzene rings is 1. The first-order chi connectivity index (χ1) is 9.69. The average Bonchev–Trinajstić information content (AvgIpc) is 2.86. The Hall–Kier alpha value is -1.75. The third kappa shape index (κ3) is 2.33. The topological polar surface area (TPSA) is 50.9 Å². The van der Waals surface area contributed by atoms with Gasteiger partial charge in [-0.3, -0.25) is 10.8 Å². The summed E-state index contributed by atoms with van der Waals surface area (Å²) in [7, 11) is 0. The van der Waals surface area contributed by atoms with E-state index < -0.39 is 0 Å². The predicted molar refractivity (Wildman–Crippen MR) is 84.7 cm³/mol. The second kappa shape index (κ2) is 5.32. The van der Waals surface area contributed by atoms with Gasteiger partial charge in [0.2, 0.25) is 0 Å². The molecule has 2 aromatic heterocycles. The van der Waals surface area contributed by atoms with Crippen LogP contribution in [0.2, 0.25) is 0 Å². The first-order valence-electron chi connectivity index (χ1n) is 6.58. The van der Waals surface area contributed by atoms with E-state index in [1.807, 2.05) is 25.1 Å². The van der Waals surface area contributed by atoms with Crippen LogP contribution in [0.3, 0.4) is 0 Å². The van der Waals surface area contributed by atoms with Crippen LogP contribution < -0.4 is 11.3 Å². The lowest BCUT2D eigenvalue weighted by Gasteiger charge is -2.17. The molecule has 3 rings (SSSR count). The molecule has 0 spiro atoms. The van der Waals surface area contributed by atoms with E-state index in [1.165, 1.54) is 15.3 Å². The number of para-hydroxylation sites is 1. The van der Waals surface area contributed by atoms with Crippen molar-refractivity contribution in [1.82, 2.24) is 10.4 Å². The van der Waals surface area contributed by atoms with Crippen molar-refractivity contribution in [2.45, 2.75) is 19.9 Å². The number of thiophene rings is 1. The van der Waals surface area contributed by atoms with Crippen molar-refractivity contribution >= 4 is 22.2 Å². The normalized spacial score (nSPS) is 12.8. The van der Waals surface area contributed by atoms with Crippen molar-refractivity contribution < 1.29 is 0 Å². The molecule has 1 aromatic carbocycles. The number of aryl methyl sites for hydroxylation is 2. The Balaban J connectivity index is 2.21. The van der Waals surface area contributed by atoms with Crippen LogP contribution in [0.1, 0.15) is 27.1 Å². The lowest BCUT2D eigenvalue weighted by molar-refractivity contribution is 0.649. The van der Waals surface area contributed by atoms with Crippen LogP contribution in [0.5, 0.6) is 0 Å². The molecular weight excluding hydrogens is 266 g/mol. The molecular formula is C16H17N3S. The molecule has 1 unspecified atom stereocenters. The number of nitrogens with zero attached hydrogens (tertiary/aromatic N) is 1. The van der Waals surface area contributed by atoms with E-state index in [-0.39, 0.29) is 6.04 Å². The monoisotopic (exact) mass is 283 g/mol. The average molecular weight is 283 g/mol. The van der Waals surface area contributed by atoms with Crippen LogP contribution >= 0.6 is 11.3 Å². The first kappa shape index (κ1) is 13.2. The third-order valence-electron chi connectivity index (χ3n) is 3.40. The fraction of sp³-hybridized carbons (Fsp3) is 0.188. The Kier molecular flexibility index (Phi) is 3.53. The zero-order chi connectivity index (χ0) is 14.1. The molecule has 3 aromatic rings. The maximum absolute atomic E-state index is 5.82. The minimum atomic E-state index is 0.000278. The van der Waals surface area contributed by atoms with Gasteiger partial charge in [0.05, 0.1) is 11.6 Å². The van der Waals surface area contributed by atoms with Crippen LogP contribution in [0.4, 0.5) is 0 Å². The van der Waals surface area contributed by atoms with Gasteiger partial charge in [-0.15, -0.1) is 11.3 Å². The molecule has 0 saturated heterocycles. The summed E-state index contributed by atoms with van der Waals surface area (Å²) >= 11 is 1.77. The quantitative estimate of drug-likeness (QED) is 0.571. The highest BCUT2D eigenvalue weighted by Crippen LogP contribution is 2.32. The molecule has 102 valence electrons. The minimum absolute atomic E-state index is 0.000278. The van der Waals surface area contributed by atoms with Gasteiger partial charge in [-0.05, 0) is 43.7 Å². The predicted octanol–water partition coefficient (Wildman–Crippen LogP) is 3.47. The third-order valence-corrected chi connectivity index (χ3v) is 4.47. The molecule has 1 atom stereocenters. The fourth-order valence-electron chi connectivity index (χ4n) is 2.51. The van der Waals surface area contributed by atoms with Gasteiger partial charge in [-0.25, -0.2) is 5.43 Å². The molecule has 0 aliphatic carbocycles. The molecule has 3 nitrogen and oxygen atoms in total. The zero-order valence-corrected chi connectivity index (χ0v) is 12.4. The highest BCUT2D eigenvalue weighted by Gasteiger charge is 2.17. The molecule has 20 heavy (non-hydrogen) atoms. The second-order valence-electron chi connectivity index (χ2n) is 4.92. The standard InChI is InChI=1S/C16H17N3S/c1-10-9-13(12-5-3-4-6-14(12)18-10)16(19-17)15-8-7-11(2)20-15/h3-9,16,19H,17H2,1-2H3. The van der Waals surface area contributed by atoms with E-state index in [1.54, 1.807) is 11.3 Å². The second-order valence-corrected chi connectivity index (χ2v) is 6.24. The highest BCUT2D eigenvalue weighted by atomic mass is 32.1. The van der Waals surface area contributed by atoms with E-state index >= 15 is 0 Å². The molecule has 2 heterocycles. The fourth-order valence-corrected chi connectivity index (χ4v) is 3.47. The molecule has 0 aliphatic heterocycles. The lowest BCUT2D eigenvalue weighted by Crippen LogP contribution is -2.28. The van der Waals surface area contributed by atoms with Gasteiger partial charge in [-0.2, -0.15) is 0 Å². The zero-order valence-electron chi connectivity index (χ0n) is 11.6. The molecule has 0 amide bonds. The Morgan fingerprint density at radius 3 is 2.65 bits per heavy atom. The number of hydrogen-bond donors (Lipinski definition) is 2. The largest absolute Gasteiger partial charge is 0.271 e. The van der Waals surface area contributed by atoms with Crippen LogP contribution in [0.25, 0.3) is 10.9 Å². The van der Waals surface area contributed by atoms with Gasteiger partial charge in [-0.1, -0.05) is 18.2 Å². The number of fused-ring (bicyclic) bond motifs is 1. The van der Waals surface area contributed by atoms with Crippen molar-refractivity contribution in [2.75, 3.05) is 0 Å². The Bertz CT molecular complexity index is 748. The number of nitrogens with two attached hydrogens (primary N) is 1. The van der Waals surface area contributed by atoms with Crippen LogP contribution in [-0.2, 0) is 0 Å². The first-order valence-corrected chi connectivity index (χ1v) is 7.39. The van der Waals surface area contributed by atoms with E-state index in [2.05, 4.69) is 41.6 Å². The van der Waals surface area contributed by atoms with Crippen molar-refractivity contribution in [3.63, 3.8) is 0 Å². The van der Waals surface area contributed by atoms with Crippen LogP contribution in [-0.4, -0.2) is 4.98 Å². The van der Waals surface area contributed by atoms with E-state index in [4.69, 9.17) is 5.84 Å². The van der Waals surface area contributed by atoms with Gasteiger partial charge in [0.1, 0.15) is 0 Å². The maximum Gasteiger partial charge on any atom is 0.0809 e. The van der Waals surface area contributed by atoms with E-state index in [0.717, 1.165) is 16.6 Å².